The molecule has 3 aliphatic heterocycles. The molecule has 0 aromatic heterocycles. The molecule has 3 rings (SSSR count). The van der Waals surface area contributed by atoms with Crippen molar-refractivity contribution in [3.05, 3.63) is 0 Å². The van der Waals surface area contributed by atoms with Gasteiger partial charge in [-0.25, -0.2) is 0 Å². The van der Waals surface area contributed by atoms with Crippen molar-refractivity contribution in [2.75, 3.05) is 65.6 Å². The van der Waals surface area contributed by atoms with Crippen molar-refractivity contribution in [1.82, 2.24) is 20.0 Å². The number of nitrogens with one attached hydrogen (secondary N) is 1. The normalized spacial score (nSPS) is 24.8. The molecule has 3 heterocycles. The molecule has 9 heteroatoms. The minimum Gasteiger partial charge on any atom is -0.378 e. The van der Waals surface area contributed by atoms with Gasteiger partial charge in [0.2, 0.25) is 11.8 Å². The van der Waals surface area contributed by atoms with Gasteiger partial charge >= 0.3 is 0 Å². The molecule has 0 aromatic rings. The van der Waals surface area contributed by atoms with Crippen LogP contribution in [0.2, 0.25) is 0 Å². The summed E-state index contributed by atoms with van der Waals surface area (Å²) in [5, 5.41) is 3.22. The van der Waals surface area contributed by atoms with E-state index in [9.17, 15) is 9.59 Å². The summed E-state index contributed by atoms with van der Waals surface area (Å²) in [5.41, 5.74) is 0. The van der Waals surface area contributed by atoms with Crippen LogP contribution in [0.3, 0.4) is 0 Å². The third-order valence-corrected chi connectivity index (χ3v) is 5.22. The smallest absolute Gasteiger partial charge is 0.242 e. The van der Waals surface area contributed by atoms with Crippen molar-refractivity contribution >= 4 is 36.6 Å². The Morgan fingerprint density at radius 2 is 1.54 bits per heavy atom. The first-order chi connectivity index (χ1) is 11.7. The van der Waals surface area contributed by atoms with E-state index in [2.05, 4.69) is 10.2 Å². The van der Waals surface area contributed by atoms with Crippen molar-refractivity contribution in [2.24, 2.45) is 0 Å². The summed E-state index contributed by atoms with van der Waals surface area (Å²) in [6.07, 6.45) is 4.74. The Labute approximate surface area is 168 Å². The van der Waals surface area contributed by atoms with Gasteiger partial charge in [-0.05, 0) is 12.8 Å². The standard InChI is InChI=1S/C17H30N4O3.2ClH/c22-16(20-6-3-1-2-4-7-20)13-19-8-10-21(11-9-19)17(23)15-14-24-12-5-18-15;;/h15,18H,1-14H2;2*1H. The number of rotatable bonds is 3. The van der Waals surface area contributed by atoms with Crippen LogP contribution in [0.15, 0.2) is 0 Å². The molecule has 3 aliphatic rings. The van der Waals surface area contributed by atoms with Crippen LogP contribution in [0.5, 0.6) is 0 Å². The molecule has 1 unspecified atom stereocenters. The number of carbonyl (C=O) groups is 2. The van der Waals surface area contributed by atoms with Crippen LogP contribution >= 0.6 is 24.8 Å². The highest BCUT2D eigenvalue weighted by molar-refractivity contribution is 5.85. The molecule has 0 aliphatic carbocycles. The third kappa shape index (κ3) is 6.53. The second-order valence-corrected chi connectivity index (χ2v) is 6.98. The molecule has 1 N–H and O–H groups in total. The number of likely N-dealkylation sites (tertiary alicyclic amines) is 1. The van der Waals surface area contributed by atoms with E-state index in [1.165, 1.54) is 12.8 Å². The monoisotopic (exact) mass is 410 g/mol. The maximum absolute atomic E-state index is 12.5. The van der Waals surface area contributed by atoms with Gasteiger partial charge in [0.05, 0.1) is 19.8 Å². The number of hydrogen-bond acceptors (Lipinski definition) is 5. The first-order valence-corrected chi connectivity index (χ1v) is 9.34. The highest BCUT2D eigenvalue weighted by Gasteiger charge is 2.29. The van der Waals surface area contributed by atoms with Crippen molar-refractivity contribution in [1.29, 1.82) is 0 Å². The van der Waals surface area contributed by atoms with Crippen molar-refractivity contribution in [3.8, 4) is 0 Å². The number of piperazine rings is 1. The zero-order chi connectivity index (χ0) is 16.8. The van der Waals surface area contributed by atoms with Crippen LogP contribution < -0.4 is 5.32 Å². The van der Waals surface area contributed by atoms with E-state index in [1.54, 1.807) is 0 Å². The fourth-order valence-electron chi connectivity index (χ4n) is 3.68. The second-order valence-electron chi connectivity index (χ2n) is 6.98. The number of halogens is 2. The van der Waals surface area contributed by atoms with Gasteiger partial charge < -0.3 is 19.9 Å². The molecule has 0 bridgehead atoms. The van der Waals surface area contributed by atoms with Crippen LogP contribution in [-0.2, 0) is 14.3 Å². The van der Waals surface area contributed by atoms with Gasteiger partial charge in [-0.1, -0.05) is 12.8 Å². The van der Waals surface area contributed by atoms with E-state index in [0.29, 0.717) is 32.8 Å². The average molecular weight is 411 g/mol. The Morgan fingerprint density at radius 3 is 2.12 bits per heavy atom. The van der Waals surface area contributed by atoms with E-state index in [4.69, 9.17) is 4.74 Å². The number of carbonyl (C=O) groups excluding carboxylic acids is 2. The Bertz CT molecular complexity index is 434. The van der Waals surface area contributed by atoms with Crippen molar-refractivity contribution in [2.45, 2.75) is 31.7 Å². The highest BCUT2D eigenvalue weighted by Crippen LogP contribution is 2.11. The lowest BCUT2D eigenvalue weighted by Crippen LogP contribution is -2.57. The molecule has 152 valence electrons. The number of ether oxygens (including phenoxy) is 1. The molecule has 0 radical (unpaired) electrons. The maximum atomic E-state index is 12.5. The molecule has 0 saturated carbocycles. The molecular formula is C17H32Cl2N4O3. The van der Waals surface area contributed by atoms with Crippen molar-refractivity contribution < 1.29 is 14.3 Å². The van der Waals surface area contributed by atoms with Crippen LogP contribution in [0.4, 0.5) is 0 Å². The summed E-state index contributed by atoms with van der Waals surface area (Å²) in [4.78, 5) is 31.0. The Kier molecular flexibility index (Phi) is 10.8. The van der Waals surface area contributed by atoms with Crippen LogP contribution in [0.1, 0.15) is 25.7 Å². The van der Waals surface area contributed by atoms with Gasteiger partial charge in [0, 0.05) is 45.8 Å². The van der Waals surface area contributed by atoms with Crippen LogP contribution in [-0.4, -0.2) is 98.1 Å². The number of nitrogens with zero attached hydrogens (tertiary/aromatic N) is 3. The molecule has 7 nitrogen and oxygen atoms in total. The van der Waals surface area contributed by atoms with Gasteiger partial charge in [0.15, 0.2) is 0 Å². The Morgan fingerprint density at radius 1 is 0.885 bits per heavy atom. The van der Waals surface area contributed by atoms with E-state index in [-0.39, 0.29) is 42.7 Å². The van der Waals surface area contributed by atoms with Crippen molar-refractivity contribution in [3.63, 3.8) is 0 Å². The minimum atomic E-state index is -0.205. The van der Waals surface area contributed by atoms with E-state index in [0.717, 1.165) is 45.6 Å². The fourth-order valence-corrected chi connectivity index (χ4v) is 3.68. The third-order valence-electron chi connectivity index (χ3n) is 5.22. The van der Waals surface area contributed by atoms with Crippen LogP contribution in [0, 0.1) is 0 Å². The second kappa shape index (κ2) is 12.0. The van der Waals surface area contributed by atoms with Gasteiger partial charge in [0.1, 0.15) is 6.04 Å². The molecule has 2 amide bonds. The molecule has 3 fully saturated rings. The van der Waals surface area contributed by atoms with Crippen LogP contribution in [0.25, 0.3) is 0 Å². The predicted molar refractivity (Wildman–Crippen MR) is 105 cm³/mol. The number of amides is 2. The molecule has 1 atom stereocenters. The first kappa shape index (κ1) is 23.4. The largest absolute Gasteiger partial charge is 0.378 e. The van der Waals surface area contributed by atoms with Gasteiger partial charge in [0.25, 0.3) is 0 Å². The maximum Gasteiger partial charge on any atom is 0.242 e. The summed E-state index contributed by atoms with van der Waals surface area (Å²) in [5.74, 6) is 0.382. The molecule has 0 spiro atoms. The van der Waals surface area contributed by atoms with E-state index in [1.807, 2.05) is 9.80 Å². The minimum absolute atomic E-state index is 0. The lowest BCUT2D eigenvalue weighted by molar-refractivity contribution is -0.139. The highest BCUT2D eigenvalue weighted by atomic mass is 35.5. The lowest BCUT2D eigenvalue weighted by Gasteiger charge is -2.37. The average Bonchev–Trinajstić information content (AvgIpc) is 2.92. The lowest BCUT2D eigenvalue weighted by atomic mass is 10.2. The SMILES string of the molecule is Cl.Cl.O=C(CN1CCN(C(=O)C2COCCN2)CC1)N1CCCCCC1. The summed E-state index contributed by atoms with van der Waals surface area (Å²) >= 11 is 0. The predicted octanol–water partition coefficient (Wildman–Crippen LogP) is 0.365. The van der Waals surface area contributed by atoms with E-state index >= 15 is 0 Å². The summed E-state index contributed by atoms with van der Waals surface area (Å²) in [6.45, 7) is 7.14. The Hall–Kier alpha value is -0.600. The van der Waals surface area contributed by atoms with E-state index < -0.39 is 0 Å². The summed E-state index contributed by atoms with van der Waals surface area (Å²) in [6, 6.07) is -0.205. The Balaban J connectivity index is 0.00000169. The summed E-state index contributed by atoms with van der Waals surface area (Å²) < 4.78 is 5.37. The molecule has 0 aromatic carbocycles. The molecule has 3 saturated heterocycles. The zero-order valence-corrected chi connectivity index (χ0v) is 17.0. The first-order valence-electron chi connectivity index (χ1n) is 9.34. The zero-order valence-electron chi connectivity index (χ0n) is 15.4. The molecular weight excluding hydrogens is 379 g/mol. The fraction of sp³-hybridized carbons (Fsp3) is 0.882. The topological polar surface area (TPSA) is 65.1 Å². The number of morpholine rings is 1. The quantitative estimate of drug-likeness (QED) is 0.727. The van der Waals surface area contributed by atoms with Gasteiger partial charge in [-0.2, -0.15) is 0 Å². The number of hydrogen-bond donors (Lipinski definition) is 1. The summed E-state index contributed by atoms with van der Waals surface area (Å²) in [7, 11) is 0. The molecule has 26 heavy (non-hydrogen) atoms. The van der Waals surface area contributed by atoms with Gasteiger partial charge in [-0.3, -0.25) is 14.5 Å². The van der Waals surface area contributed by atoms with Gasteiger partial charge in [-0.15, -0.1) is 24.8 Å².